The summed E-state index contributed by atoms with van der Waals surface area (Å²) in [5.74, 6) is 1.11. The molecule has 0 aliphatic rings. The van der Waals surface area contributed by atoms with Crippen molar-refractivity contribution in [2.75, 3.05) is 25.0 Å². The first-order chi connectivity index (χ1) is 3.41. The van der Waals surface area contributed by atoms with E-state index < -0.39 is 0 Å². The van der Waals surface area contributed by atoms with E-state index in [1.165, 1.54) is 0 Å². The van der Waals surface area contributed by atoms with Crippen LogP contribution in [0.3, 0.4) is 0 Å². The maximum atomic E-state index is 4.81. The van der Waals surface area contributed by atoms with E-state index in [0.29, 0.717) is 0 Å². The Morgan fingerprint density at radius 3 is 2.86 bits per heavy atom. The Hall–Kier alpha value is 0.740. The van der Waals surface area contributed by atoms with Gasteiger partial charge in [0.05, 0.1) is 6.61 Å². The van der Waals surface area contributed by atoms with E-state index in [1.807, 2.05) is 11.8 Å². The summed E-state index contributed by atoms with van der Waals surface area (Å²) >= 11 is 1.87. The highest BCUT2D eigenvalue weighted by Crippen LogP contribution is 2.02. The van der Waals surface area contributed by atoms with Crippen LogP contribution in [0.15, 0.2) is 0 Å². The van der Waals surface area contributed by atoms with Crippen molar-refractivity contribution in [3.8, 4) is 0 Å². The van der Waals surface area contributed by atoms with Gasteiger partial charge in [-0.2, -0.15) is 11.8 Å². The smallest absolute Gasteiger partial charge is 0.0553 e. The molecule has 0 amide bonds. The summed E-state index contributed by atoms with van der Waals surface area (Å²) in [6, 6.07) is 0. The van der Waals surface area contributed by atoms with E-state index in [0.717, 1.165) is 17.9 Å². The number of hydrogen-bond acceptors (Lipinski definition) is 2. The Morgan fingerprint density at radius 2 is 2.43 bits per heavy atom. The van der Waals surface area contributed by atoms with E-state index in [4.69, 9.17) is 4.74 Å². The maximum Gasteiger partial charge on any atom is 0.0553 e. The first-order valence-corrected chi connectivity index (χ1v) is 4.15. The quantitative estimate of drug-likeness (QED) is 0.426. The predicted octanol–water partition coefficient (Wildman–Crippen LogP) is 1.20. The van der Waals surface area contributed by atoms with Gasteiger partial charge in [0.25, 0.3) is 0 Å². The zero-order valence-corrected chi connectivity index (χ0v) is 6.49. The molecule has 0 radical (unpaired) electrons. The molecule has 0 spiro atoms. The average Bonchev–Trinajstić information content (AvgIpc) is 1.69. The largest absolute Gasteiger partial charge is 0.384 e. The van der Waals surface area contributed by atoms with E-state index >= 15 is 0 Å². The zero-order chi connectivity index (χ0) is 5.54. The number of thioether (sulfide) groups is 1. The molecule has 0 aliphatic carbocycles. The number of rotatable bonds is 4. The fraction of sp³-hybridized carbons (Fsp3) is 1.00. The fourth-order valence-electron chi connectivity index (χ4n) is 0.226. The fourth-order valence-corrected chi connectivity index (χ4v) is 1.18. The Morgan fingerprint density at radius 1 is 1.71 bits per heavy atom. The molecule has 1 nitrogen and oxygen atoms in total. The summed E-state index contributed by atoms with van der Waals surface area (Å²) in [7, 11) is 4.38. The Balaban J connectivity index is 2.45. The molecule has 0 aromatic rings. The van der Waals surface area contributed by atoms with E-state index in [2.05, 4.69) is 9.24 Å². The molecule has 0 aliphatic heterocycles. The van der Waals surface area contributed by atoms with Gasteiger partial charge in [-0.05, 0) is 0 Å². The zero-order valence-electron chi connectivity index (χ0n) is 4.52. The Kier molecular flexibility index (Phi) is 7.45. The van der Waals surface area contributed by atoms with Crippen molar-refractivity contribution < 1.29 is 4.74 Å². The van der Waals surface area contributed by atoms with Crippen LogP contribution in [-0.4, -0.2) is 25.0 Å². The highest BCUT2D eigenvalue weighted by atomic mass is 32.2. The van der Waals surface area contributed by atoms with Crippen LogP contribution in [0.5, 0.6) is 0 Å². The van der Waals surface area contributed by atoms with Gasteiger partial charge in [-0.25, -0.2) is 0 Å². The van der Waals surface area contributed by atoms with Crippen LogP contribution < -0.4 is 0 Å². The van der Waals surface area contributed by atoms with Gasteiger partial charge in [0, 0.05) is 18.4 Å². The third kappa shape index (κ3) is 6.74. The highest BCUT2D eigenvalue weighted by Gasteiger charge is 1.79. The topological polar surface area (TPSA) is 9.23 Å². The average molecular weight is 138 g/mol. The minimum Gasteiger partial charge on any atom is -0.384 e. The second-order valence-corrected chi connectivity index (χ2v) is 3.22. The molecule has 0 saturated heterocycles. The molecular formula is C4H11OPS. The van der Waals surface area contributed by atoms with E-state index in [9.17, 15) is 0 Å². The van der Waals surface area contributed by atoms with Gasteiger partial charge < -0.3 is 4.74 Å². The minimum absolute atomic E-state index is 0.874. The van der Waals surface area contributed by atoms with Gasteiger partial charge in [0.1, 0.15) is 0 Å². The summed E-state index contributed by atoms with van der Waals surface area (Å²) in [4.78, 5) is 0. The van der Waals surface area contributed by atoms with Gasteiger partial charge in [-0.1, -0.05) is 0 Å². The second kappa shape index (κ2) is 6.74. The standard InChI is InChI=1S/C4H11OPS/c1-5-2-3-7-4-6/h2-4,6H2,1H3. The lowest BCUT2D eigenvalue weighted by atomic mass is 10.9. The highest BCUT2D eigenvalue weighted by molar-refractivity contribution is 8.02. The van der Waals surface area contributed by atoms with E-state index in [-0.39, 0.29) is 0 Å². The third-order valence-corrected chi connectivity index (χ3v) is 1.95. The van der Waals surface area contributed by atoms with Crippen molar-refractivity contribution in [2.45, 2.75) is 0 Å². The molecule has 0 aromatic heterocycles. The molecule has 0 heterocycles. The van der Waals surface area contributed by atoms with Crippen molar-refractivity contribution in [2.24, 2.45) is 0 Å². The van der Waals surface area contributed by atoms with Crippen LogP contribution in [-0.2, 0) is 4.74 Å². The summed E-state index contributed by atoms with van der Waals surface area (Å²) in [6.07, 6.45) is 0. The van der Waals surface area contributed by atoms with Crippen molar-refractivity contribution in [1.29, 1.82) is 0 Å². The summed E-state index contributed by atoms with van der Waals surface area (Å²) in [6.45, 7) is 0.874. The van der Waals surface area contributed by atoms with Crippen molar-refractivity contribution >= 4 is 21.0 Å². The van der Waals surface area contributed by atoms with Gasteiger partial charge in [-0.15, -0.1) is 9.24 Å². The van der Waals surface area contributed by atoms with Gasteiger partial charge >= 0.3 is 0 Å². The van der Waals surface area contributed by atoms with Crippen LogP contribution in [0.1, 0.15) is 0 Å². The molecule has 0 fully saturated rings. The Bertz CT molecular complexity index is 30.9. The van der Waals surface area contributed by atoms with Gasteiger partial charge in [0.15, 0.2) is 0 Å². The summed E-state index contributed by atoms with van der Waals surface area (Å²) in [5.41, 5.74) is 1.11. The van der Waals surface area contributed by atoms with Crippen molar-refractivity contribution in [3.05, 3.63) is 0 Å². The lowest BCUT2D eigenvalue weighted by Gasteiger charge is -1.93. The van der Waals surface area contributed by atoms with Crippen molar-refractivity contribution in [1.82, 2.24) is 0 Å². The number of hydrogen-bond donors (Lipinski definition) is 0. The van der Waals surface area contributed by atoms with Gasteiger partial charge in [0.2, 0.25) is 0 Å². The SMILES string of the molecule is COCCSCP. The first kappa shape index (κ1) is 7.74. The monoisotopic (exact) mass is 138 g/mol. The molecule has 0 aromatic carbocycles. The molecule has 7 heavy (non-hydrogen) atoms. The Labute approximate surface area is 51.4 Å². The molecular weight excluding hydrogens is 127 g/mol. The molecule has 44 valence electrons. The van der Waals surface area contributed by atoms with Crippen LogP contribution in [0.4, 0.5) is 0 Å². The number of ether oxygens (including phenoxy) is 1. The molecule has 0 N–H and O–H groups in total. The molecule has 3 heteroatoms. The van der Waals surface area contributed by atoms with Crippen LogP contribution in [0, 0.1) is 0 Å². The normalized spacial score (nSPS) is 9.43. The van der Waals surface area contributed by atoms with Gasteiger partial charge in [-0.3, -0.25) is 0 Å². The van der Waals surface area contributed by atoms with Crippen LogP contribution in [0.2, 0.25) is 0 Å². The molecule has 0 bridgehead atoms. The van der Waals surface area contributed by atoms with Crippen LogP contribution in [0.25, 0.3) is 0 Å². The van der Waals surface area contributed by atoms with Crippen molar-refractivity contribution in [3.63, 3.8) is 0 Å². The third-order valence-electron chi connectivity index (χ3n) is 0.550. The summed E-state index contributed by atoms with van der Waals surface area (Å²) in [5, 5.41) is 0. The minimum atomic E-state index is 0.874. The second-order valence-electron chi connectivity index (χ2n) is 1.07. The predicted molar refractivity (Wildman–Crippen MR) is 38.9 cm³/mol. The molecule has 0 rings (SSSR count). The van der Waals surface area contributed by atoms with Crippen LogP contribution >= 0.6 is 21.0 Å². The molecule has 0 saturated carbocycles. The lowest BCUT2D eigenvalue weighted by molar-refractivity contribution is 0.219. The van der Waals surface area contributed by atoms with E-state index in [1.54, 1.807) is 7.11 Å². The molecule has 1 atom stereocenters. The summed E-state index contributed by atoms with van der Waals surface area (Å²) < 4.78 is 4.81. The lowest BCUT2D eigenvalue weighted by Crippen LogP contribution is -1.89. The number of methoxy groups -OCH3 is 1. The molecule has 1 unspecified atom stereocenters. The first-order valence-electron chi connectivity index (χ1n) is 2.18. The maximum absolute atomic E-state index is 4.81.